The average Bonchev–Trinajstić information content (AvgIpc) is 2.65. The lowest BCUT2D eigenvalue weighted by atomic mass is 10.1. The van der Waals surface area contributed by atoms with Crippen LogP contribution in [0.4, 0.5) is 0 Å². The van der Waals surface area contributed by atoms with Gasteiger partial charge in [-0.3, -0.25) is 0 Å². The summed E-state index contributed by atoms with van der Waals surface area (Å²) in [6.07, 6.45) is 0. The highest BCUT2D eigenvalue weighted by Gasteiger charge is 2.02. The van der Waals surface area contributed by atoms with E-state index in [0.717, 1.165) is 16.3 Å². The first kappa shape index (κ1) is 8.92. The van der Waals surface area contributed by atoms with E-state index in [1.54, 1.807) is 17.4 Å². The number of hydrogen-bond acceptors (Lipinski definition) is 3. The van der Waals surface area contributed by atoms with Crippen LogP contribution in [-0.2, 0) is 0 Å². The fourth-order valence-electron chi connectivity index (χ4n) is 1.24. The summed E-state index contributed by atoms with van der Waals surface area (Å²) in [6, 6.07) is 9.61. The highest BCUT2D eigenvalue weighted by molar-refractivity contribution is 7.09. The van der Waals surface area contributed by atoms with Gasteiger partial charge in [-0.25, -0.2) is 4.98 Å². The Morgan fingerprint density at radius 3 is 2.93 bits per heavy atom. The number of nitrogens with zero attached hydrogens (tertiary/aromatic N) is 2. The molecule has 0 atom stereocenters. The Hall–Kier alpha value is -1.66. The Labute approximate surface area is 86.5 Å². The van der Waals surface area contributed by atoms with E-state index < -0.39 is 0 Å². The molecule has 0 fully saturated rings. The van der Waals surface area contributed by atoms with Gasteiger partial charge in [0.05, 0.1) is 22.3 Å². The molecule has 68 valence electrons. The number of aryl methyl sites for hydroxylation is 1. The van der Waals surface area contributed by atoms with E-state index >= 15 is 0 Å². The number of nitriles is 1. The number of benzene rings is 1. The van der Waals surface area contributed by atoms with Gasteiger partial charge in [-0.15, -0.1) is 11.3 Å². The second kappa shape index (κ2) is 3.60. The Kier molecular flexibility index (Phi) is 2.30. The van der Waals surface area contributed by atoms with Crippen molar-refractivity contribution in [2.45, 2.75) is 6.92 Å². The van der Waals surface area contributed by atoms with Crippen LogP contribution >= 0.6 is 11.3 Å². The topological polar surface area (TPSA) is 36.7 Å². The lowest BCUT2D eigenvalue weighted by molar-refractivity contribution is 1.30. The summed E-state index contributed by atoms with van der Waals surface area (Å²) in [5, 5.41) is 11.8. The van der Waals surface area contributed by atoms with Gasteiger partial charge in [-0.05, 0) is 19.1 Å². The molecule has 0 bridgehead atoms. The normalized spacial score (nSPS) is 9.71. The standard InChI is InChI=1S/C11H8N2S/c1-8-13-11(7-14-8)10-4-2-3-9(5-10)6-12/h2-5,7H,1H3. The third-order valence-electron chi connectivity index (χ3n) is 1.91. The Balaban J connectivity index is 2.47. The third kappa shape index (κ3) is 1.66. The van der Waals surface area contributed by atoms with E-state index in [9.17, 15) is 0 Å². The van der Waals surface area contributed by atoms with Gasteiger partial charge in [-0.2, -0.15) is 5.26 Å². The van der Waals surface area contributed by atoms with Crippen molar-refractivity contribution < 1.29 is 0 Å². The highest BCUT2D eigenvalue weighted by Crippen LogP contribution is 2.21. The molecule has 0 aliphatic rings. The molecular formula is C11H8N2S. The molecule has 0 saturated carbocycles. The minimum atomic E-state index is 0.674. The molecule has 0 radical (unpaired) electrons. The van der Waals surface area contributed by atoms with Crippen molar-refractivity contribution in [2.24, 2.45) is 0 Å². The molecule has 0 aliphatic carbocycles. The Bertz CT molecular complexity index is 494. The first-order valence-electron chi connectivity index (χ1n) is 4.22. The van der Waals surface area contributed by atoms with Gasteiger partial charge in [0.25, 0.3) is 0 Å². The molecule has 0 amide bonds. The van der Waals surface area contributed by atoms with Crippen molar-refractivity contribution in [3.8, 4) is 17.3 Å². The molecule has 0 N–H and O–H groups in total. The number of rotatable bonds is 1. The molecule has 2 rings (SSSR count). The molecule has 1 aromatic carbocycles. The van der Waals surface area contributed by atoms with Gasteiger partial charge >= 0.3 is 0 Å². The van der Waals surface area contributed by atoms with Crippen molar-refractivity contribution in [1.29, 1.82) is 5.26 Å². The SMILES string of the molecule is Cc1nc(-c2cccc(C#N)c2)cs1. The lowest BCUT2D eigenvalue weighted by Crippen LogP contribution is -1.80. The van der Waals surface area contributed by atoms with E-state index in [0.29, 0.717) is 5.56 Å². The van der Waals surface area contributed by atoms with Gasteiger partial charge < -0.3 is 0 Å². The predicted molar refractivity (Wildman–Crippen MR) is 57.0 cm³/mol. The maximum Gasteiger partial charge on any atom is 0.0991 e. The summed E-state index contributed by atoms with van der Waals surface area (Å²) < 4.78 is 0. The molecule has 2 nitrogen and oxygen atoms in total. The third-order valence-corrected chi connectivity index (χ3v) is 2.68. The lowest BCUT2D eigenvalue weighted by Gasteiger charge is -1.95. The van der Waals surface area contributed by atoms with Gasteiger partial charge in [0.2, 0.25) is 0 Å². The summed E-state index contributed by atoms with van der Waals surface area (Å²) in [4.78, 5) is 4.37. The summed E-state index contributed by atoms with van der Waals surface area (Å²) in [5.41, 5.74) is 2.63. The molecule has 1 aromatic heterocycles. The Morgan fingerprint density at radius 1 is 1.43 bits per heavy atom. The van der Waals surface area contributed by atoms with Crippen LogP contribution in [0.15, 0.2) is 29.6 Å². The molecule has 1 heterocycles. The summed E-state index contributed by atoms with van der Waals surface area (Å²) >= 11 is 1.62. The van der Waals surface area contributed by atoms with Crippen molar-refractivity contribution in [3.05, 3.63) is 40.2 Å². The van der Waals surface area contributed by atoms with E-state index in [1.165, 1.54) is 0 Å². The smallest absolute Gasteiger partial charge is 0.0991 e. The fraction of sp³-hybridized carbons (Fsp3) is 0.0909. The van der Waals surface area contributed by atoms with Crippen LogP contribution in [0.5, 0.6) is 0 Å². The van der Waals surface area contributed by atoms with E-state index in [-0.39, 0.29) is 0 Å². The number of hydrogen-bond donors (Lipinski definition) is 0. The highest BCUT2D eigenvalue weighted by atomic mass is 32.1. The van der Waals surface area contributed by atoms with Crippen molar-refractivity contribution in [2.75, 3.05) is 0 Å². The van der Waals surface area contributed by atoms with Gasteiger partial charge in [-0.1, -0.05) is 12.1 Å². The van der Waals surface area contributed by atoms with Crippen molar-refractivity contribution in [3.63, 3.8) is 0 Å². The van der Waals surface area contributed by atoms with Gasteiger partial charge in [0, 0.05) is 10.9 Å². The first-order valence-corrected chi connectivity index (χ1v) is 5.10. The van der Waals surface area contributed by atoms with Crippen LogP contribution in [0, 0.1) is 18.3 Å². The molecule has 0 saturated heterocycles. The molecule has 0 aliphatic heterocycles. The van der Waals surface area contributed by atoms with Crippen molar-refractivity contribution >= 4 is 11.3 Å². The zero-order valence-electron chi connectivity index (χ0n) is 7.69. The number of thiazole rings is 1. The van der Waals surface area contributed by atoms with Crippen LogP contribution < -0.4 is 0 Å². The van der Waals surface area contributed by atoms with Crippen molar-refractivity contribution in [1.82, 2.24) is 4.98 Å². The molecule has 2 aromatic rings. The maximum atomic E-state index is 8.75. The van der Waals surface area contributed by atoms with Gasteiger partial charge in [0.1, 0.15) is 0 Å². The van der Waals surface area contributed by atoms with Crippen LogP contribution in [0.3, 0.4) is 0 Å². The second-order valence-corrected chi connectivity index (χ2v) is 4.01. The largest absolute Gasteiger partial charge is 0.242 e. The quantitative estimate of drug-likeness (QED) is 0.709. The average molecular weight is 200 g/mol. The zero-order valence-corrected chi connectivity index (χ0v) is 8.51. The molecule has 0 unspecified atom stereocenters. The van der Waals surface area contributed by atoms with Crippen LogP contribution in [0.25, 0.3) is 11.3 Å². The zero-order chi connectivity index (χ0) is 9.97. The maximum absolute atomic E-state index is 8.75. The summed E-state index contributed by atoms with van der Waals surface area (Å²) in [7, 11) is 0. The molecular weight excluding hydrogens is 192 g/mol. The van der Waals surface area contributed by atoms with Crippen LogP contribution in [0.2, 0.25) is 0 Å². The number of aromatic nitrogens is 1. The summed E-state index contributed by atoms with van der Waals surface area (Å²) in [5.74, 6) is 0. The first-order chi connectivity index (χ1) is 6.79. The van der Waals surface area contributed by atoms with Gasteiger partial charge in [0.15, 0.2) is 0 Å². The Morgan fingerprint density at radius 2 is 2.29 bits per heavy atom. The predicted octanol–water partition coefficient (Wildman–Crippen LogP) is 2.99. The van der Waals surface area contributed by atoms with Crippen LogP contribution in [-0.4, -0.2) is 4.98 Å². The van der Waals surface area contributed by atoms with E-state index in [4.69, 9.17) is 5.26 Å². The fourth-order valence-corrected chi connectivity index (χ4v) is 1.87. The molecule has 14 heavy (non-hydrogen) atoms. The van der Waals surface area contributed by atoms with E-state index in [1.807, 2.05) is 30.5 Å². The monoisotopic (exact) mass is 200 g/mol. The van der Waals surface area contributed by atoms with Crippen LogP contribution in [0.1, 0.15) is 10.6 Å². The van der Waals surface area contributed by atoms with E-state index in [2.05, 4.69) is 11.1 Å². The summed E-state index contributed by atoms with van der Waals surface area (Å²) in [6.45, 7) is 1.97. The molecule has 0 spiro atoms. The minimum Gasteiger partial charge on any atom is -0.242 e. The minimum absolute atomic E-state index is 0.674. The molecule has 3 heteroatoms. The second-order valence-electron chi connectivity index (χ2n) is 2.94.